The van der Waals surface area contributed by atoms with Crippen molar-refractivity contribution in [2.45, 2.75) is 46.7 Å². The van der Waals surface area contributed by atoms with E-state index in [0.29, 0.717) is 31.0 Å². The number of benzene rings is 2. The molecule has 0 N–H and O–H groups in total. The van der Waals surface area contributed by atoms with Crippen LogP contribution in [0, 0.1) is 0 Å². The van der Waals surface area contributed by atoms with Crippen molar-refractivity contribution in [3.63, 3.8) is 0 Å². The summed E-state index contributed by atoms with van der Waals surface area (Å²) in [4.78, 5) is 30.0. The highest BCUT2D eigenvalue weighted by Gasteiger charge is 2.42. The van der Waals surface area contributed by atoms with E-state index in [4.69, 9.17) is 4.74 Å². The molecule has 5 heteroatoms. The van der Waals surface area contributed by atoms with Gasteiger partial charge in [0.2, 0.25) is 0 Å². The zero-order valence-electron chi connectivity index (χ0n) is 18.2. The Morgan fingerprint density at radius 2 is 1.60 bits per heavy atom. The number of amides is 2. The van der Waals surface area contributed by atoms with Gasteiger partial charge in [0.1, 0.15) is 11.4 Å². The van der Waals surface area contributed by atoms with E-state index in [1.54, 1.807) is 0 Å². The van der Waals surface area contributed by atoms with Gasteiger partial charge in [-0.1, -0.05) is 49.4 Å². The third-order valence-electron chi connectivity index (χ3n) is 5.14. The second-order valence-electron chi connectivity index (χ2n) is 7.67. The molecule has 0 atom stereocenters. The lowest BCUT2D eigenvalue weighted by Gasteiger charge is -2.25. The summed E-state index contributed by atoms with van der Waals surface area (Å²) in [6.07, 6.45) is 0.929. The maximum atomic E-state index is 13.3. The average Bonchev–Trinajstić information content (AvgIpc) is 3.01. The quantitative estimate of drug-likeness (QED) is 0.576. The van der Waals surface area contributed by atoms with Crippen LogP contribution in [0.2, 0.25) is 0 Å². The lowest BCUT2D eigenvalue weighted by Crippen LogP contribution is -2.39. The highest BCUT2D eigenvalue weighted by Crippen LogP contribution is 2.34. The molecule has 0 aromatic heterocycles. The molecule has 3 rings (SSSR count). The minimum absolute atomic E-state index is 0.208. The summed E-state index contributed by atoms with van der Waals surface area (Å²) in [5.74, 6) is 0.296. The molecule has 0 bridgehead atoms. The van der Waals surface area contributed by atoms with Crippen LogP contribution in [-0.2, 0) is 16.1 Å². The molecular weight excluding hydrogens is 376 g/mol. The maximum Gasteiger partial charge on any atom is 0.278 e. The van der Waals surface area contributed by atoms with Gasteiger partial charge in [-0.25, -0.2) is 0 Å². The van der Waals surface area contributed by atoms with Crippen LogP contribution >= 0.6 is 0 Å². The first-order valence-corrected chi connectivity index (χ1v) is 10.6. The summed E-state index contributed by atoms with van der Waals surface area (Å²) >= 11 is 0. The topological polar surface area (TPSA) is 49.9 Å². The van der Waals surface area contributed by atoms with E-state index in [2.05, 4.69) is 6.92 Å². The minimum Gasteiger partial charge on any atom is -0.494 e. The van der Waals surface area contributed by atoms with Gasteiger partial charge in [0, 0.05) is 19.1 Å². The first-order valence-electron chi connectivity index (χ1n) is 10.6. The molecule has 2 amide bonds. The Morgan fingerprint density at radius 1 is 0.933 bits per heavy atom. The number of nitrogens with zero attached hydrogens (tertiary/aromatic N) is 2. The van der Waals surface area contributed by atoms with Crippen molar-refractivity contribution in [3.8, 4) is 5.75 Å². The second-order valence-corrected chi connectivity index (χ2v) is 7.67. The van der Waals surface area contributed by atoms with E-state index in [1.165, 1.54) is 4.90 Å². The van der Waals surface area contributed by atoms with Crippen LogP contribution in [-0.4, -0.2) is 40.8 Å². The molecule has 0 spiro atoms. The van der Waals surface area contributed by atoms with Crippen molar-refractivity contribution >= 4 is 17.4 Å². The van der Waals surface area contributed by atoms with Gasteiger partial charge < -0.3 is 9.64 Å². The standard InChI is InChI=1S/C25H30N2O3/c1-5-16-30-21-14-12-20(13-15-21)22-23(25(29)27(18(3)4)24(22)28)26(6-2)17-19-10-8-7-9-11-19/h7-15,18H,5-6,16-17H2,1-4H3. The van der Waals surface area contributed by atoms with Crippen molar-refractivity contribution in [1.82, 2.24) is 9.80 Å². The zero-order valence-corrected chi connectivity index (χ0v) is 18.2. The molecule has 1 aliphatic rings. The molecule has 1 aliphatic heterocycles. The number of rotatable bonds is 9. The summed E-state index contributed by atoms with van der Waals surface area (Å²) in [6, 6.07) is 17.2. The van der Waals surface area contributed by atoms with Crippen LogP contribution in [0.1, 0.15) is 45.2 Å². The van der Waals surface area contributed by atoms with Gasteiger partial charge in [0.25, 0.3) is 11.8 Å². The number of hydrogen-bond donors (Lipinski definition) is 0. The van der Waals surface area contributed by atoms with Gasteiger partial charge in [0.15, 0.2) is 0 Å². The molecule has 0 saturated heterocycles. The lowest BCUT2D eigenvalue weighted by atomic mass is 10.0. The van der Waals surface area contributed by atoms with Crippen LogP contribution in [0.4, 0.5) is 0 Å². The molecule has 0 fully saturated rings. The van der Waals surface area contributed by atoms with Gasteiger partial charge >= 0.3 is 0 Å². The molecule has 5 nitrogen and oxygen atoms in total. The van der Waals surface area contributed by atoms with E-state index >= 15 is 0 Å². The number of hydrogen-bond acceptors (Lipinski definition) is 4. The Labute approximate surface area is 178 Å². The van der Waals surface area contributed by atoms with Crippen molar-refractivity contribution in [3.05, 3.63) is 71.4 Å². The molecular formula is C25H30N2O3. The molecule has 2 aromatic carbocycles. The van der Waals surface area contributed by atoms with Crippen molar-refractivity contribution in [2.75, 3.05) is 13.2 Å². The third kappa shape index (κ3) is 4.40. The van der Waals surface area contributed by atoms with E-state index in [0.717, 1.165) is 23.3 Å². The molecule has 158 valence electrons. The van der Waals surface area contributed by atoms with Gasteiger partial charge in [-0.15, -0.1) is 0 Å². The summed E-state index contributed by atoms with van der Waals surface area (Å²) in [5, 5.41) is 0. The Hall–Kier alpha value is -3.08. The highest BCUT2D eigenvalue weighted by atomic mass is 16.5. The second kappa shape index (κ2) is 9.61. The average molecular weight is 407 g/mol. The van der Waals surface area contributed by atoms with E-state index in [-0.39, 0.29) is 17.9 Å². The van der Waals surface area contributed by atoms with Gasteiger partial charge in [-0.05, 0) is 50.5 Å². The van der Waals surface area contributed by atoms with Gasteiger partial charge in [-0.2, -0.15) is 0 Å². The lowest BCUT2D eigenvalue weighted by molar-refractivity contribution is -0.139. The Balaban J connectivity index is 2.03. The molecule has 0 unspecified atom stereocenters. The summed E-state index contributed by atoms with van der Waals surface area (Å²) in [7, 11) is 0. The molecule has 0 radical (unpaired) electrons. The van der Waals surface area contributed by atoms with Crippen LogP contribution in [0.25, 0.3) is 5.57 Å². The Kier molecular flexibility index (Phi) is 6.93. The van der Waals surface area contributed by atoms with Crippen LogP contribution in [0.3, 0.4) is 0 Å². The van der Waals surface area contributed by atoms with Crippen molar-refractivity contribution in [2.24, 2.45) is 0 Å². The smallest absolute Gasteiger partial charge is 0.278 e. The summed E-state index contributed by atoms with van der Waals surface area (Å²) < 4.78 is 5.67. The van der Waals surface area contributed by atoms with Gasteiger partial charge in [-0.3, -0.25) is 14.5 Å². The number of likely N-dealkylation sites (N-methyl/N-ethyl adjacent to an activating group) is 1. The molecule has 30 heavy (non-hydrogen) atoms. The maximum absolute atomic E-state index is 13.3. The number of carbonyl (C=O) groups is 2. The van der Waals surface area contributed by atoms with E-state index in [1.807, 2.05) is 80.3 Å². The van der Waals surface area contributed by atoms with Crippen molar-refractivity contribution < 1.29 is 14.3 Å². The minimum atomic E-state index is -0.237. The SMILES string of the molecule is CCCOc1ccc(C2=C(N(CC)Cc3ccccc3)C(=O)N(C(C)C)C2=O)cc1. The predicted molar refractivity (Wildman–Crippen MR) is 119 cm³/mol. The molecule has 0 saturated carbocycles. The summed E-state index contributed by atoms with van der Waals surface area (Å²) in [6.45, 7) is 9.63. The number of imide groups is 1. The first kappa shape index (κ1) is 21.6. The highest BCUT2D eigenvalue weighted by molar-refractivity contribution is 6.35. The number of ether oxygens (including phenoxy) is 1. The molecule has 1 heterocycles. The van der Waals surface area contributed by atoms with E-state index < -0.39 is 0 Å². The van der Waals surface area contributed by atoms with Gasteiger partial charge in [0.05, 0.1) is 12.2 Å². The molecule has 2 aromatic rings. The fraction of sp³-hybridized carbons (Fsp3) is 0.360. The van der Waals surface area contributed by atoms with Crippen LogP contribution < -0.4 is 4.74 Å². The Bertz CT molecular complexity index is 917. The van der Waals surface area contributed by atoms with Crippen LogP contribution in [0.5, 0.6) is 5.75 Å². The third-order valence-corrected chi connectivity index (χ3v) is 5.14. The first-order chi connectivity index (χ1) is 14.5. The zero-order chi connectivity index (χ0) is 21.7. The normalized spacial score (nSPS) is 14.1. The number of carbonyl (C=O) groups excluding carboxylic acids is 2. The largest absolute Gasteiger partial charge is 0.494 e. The predicted octanol–water partition coefficient (Wildman–Crippen LogP) is 4.49. The fourth-order valence-corrected chi connectivity index (χ4v) is 3.65. The summed E-state index contributed by atoms with van der Waals surface area (Å²) in [5.41, 5.74) is 2.77. The monoisotopic (exact) mass is 406 g/mol. The van der Waals surface area contributed by atoms with Crippen LogP contribution in [0.15, 0.2) is 60.3 Å². The Morgan fingerprint density at radius 3 is 2.17 bits per heavy atom. The fourth-order valence-electron chi connectivity index (χ4n) is 3.65. The van der Waals surface area contributed by atoms with E-state index in [9.17, 15) is 9.59 Å². The molecule has 0 aliphatic carbocycles. The van der Waals surface area contributed by atoms with Crippen molar-refractivity contribution in [1.29, 1.82) is 0 Å².